The van der Waals surface area contributed by atoms with Crippen molar-refractivity contribution in [3.8, 4) is 22.8 Å². The van der Waals surface area contributed by atoms with Gasteiger partial charge in [-0.1, -0.05) is 24.7 Å². The van der Waals surface area contributed by atoms with E-state index in [9.17, 15) is 6.17 Å². The quantitative estimate of drug-likeness (QED) is 0.459. The van der Waals surface area contributed by atoms with Crippen molar-refractivity contribution in [3.05, 3.63) is 73.5 Å². The van der Waals surface area contributed by atoms with Crippen molar-refractivity contribution in [3.63, 3.8) is 0 Å². The van der Waals surface area contributed by atoms with Crippen LogP contribution in [0.3, 0.4) is 0 Å². The van der Waals surface area contributed by atoms with Crippen molar-refractivity contribution in [2.24, 2.45) is 0 Å². The molecule has 0 spiro atoms. The van der Waals surface area contributed by atoms with Crippen LogP contribution >= 0.6 is 0 Å². The third kappa shape index (κ3) is 4.03. The van der Waals surface area contributed by atoms with Crippen LogP contribution in [0.15, 0.2) is 73.5 Å². The van der Waals surface area contributed by atoms with Crippen LogP contribution in [0.25, 0.3) is 22.3 Å². The van der Waals surface area contributed by atoms with Crippen molar-refractivity contribution >= 4 is 22.8 Å². The molecular formula is C25H24N6O2. The number of piperidine rings is 1. The number of carbonyl (C=O) groups excluding carboxylic acids is 1. The number of fused-ring (bicyclic) bond motifs is 1. The molecule has 8 heteroatoms. The van der Waals surface area contributed by atoms with Crippen LogP contribution in [0.2, 0.25) is 0 Å². The molecule has 0 bridgehead atoms. The first-order valence-corrected chi connectivity index (χ1v) is 10.1. The van der Waals surface area contributed by atoms with Gasteiger partial charge in [-0.3, -0.25) is 4.79 Å². The fraction of sp³-hybridized carbons (Fsp3) is 0.200. The van der Waals surface area contributed by atoms with Gasteiger partial charge >= 0.3 is 0 Å². The molecule has 0 aliphatic carbocycles. The highest BCUT2D eigenvalue weighted by Crippen LogP contribution is 2.34. The molecule has 2 N–H and O–H groups in total. The number of hydrogen-bond donors (Lipinski definition) is 1. The van der Waals surface area contributed by atoms with E-state index in [1.807, 2.05) is 18.2 Å². The van der Waals surface area contributed by atoms with E-state index in [-0.39, 0.29) is 22.5 Å². The second-order valence-corrected chi connectivity index (χ2v) is 7.13. The summed E-state index contributed by atoms with van der Waals surface area (Å²) in [5.74, 6) is -0.222. The van der Waals surface area contributed by atoms with E-state index in [1.165, 1.54) is 0 Å². The Hall–Kier alpha value is -4.20. The normalized spacial score (nSPS) is 24.7. The Balaban J connectivity index is 1.66. The number of hydrogen-bond acceptors (Lipinski definition) is 6. The number of anilines is 1. The molecule has 1 atom stereocenters. The molecule has 0 radical (unpaired) electrons. The molecule has 33 heavy (non-hydrogen) atoms. The molecule has 1 amide bonds. The van der Waals surface area contributed by atoms with E-state index in [2.05, 4.69) is 15.1 Å². The van der Waals surface area contributed by atoms with Gasteiger partial charge in [0, 0.05) is 21.3 Å². The van der Waals surface area contributed by atoms with Gasteiger partial charge < -0.3 is 15.4 Å². The number of amides is 1. The summed E-state index contributed by atoms with van der Waals surface area (Å²) in [6.45, 7) is -4.75. The van der Waals surface area contributed by atoms with Gasteiger partial charge in [0.05, 0.1) is 19.6 Å². The highest BCUT2D eigenvalue weighted by Gasteiger charge is 2.28. The molecular weight excluding hydrogens is 416 g/mol. The van der Waals surface area contributed by atoms with Crippen LogP contribution < -0.4 is 10.5 Å². The van der Waals surface area contributed by atoms with Gasteiger partial charge in [0.15, 0.2) is 5.65 Å². The molecule has 4 aromatic rings. The number of ether oxygens (including phenoxy) is 1. The summed E-state index contributed by atoms with van der Waals surface area (Å²) < 4.78 is 73.3. The predicted molar refractivity (Wildman–Crippen MR) is 127 cm³/mol. The number of nitrogens with two attached hydrogens (primary N) is 1. The summed E-state index contributed by atoms with van der Waals surface area (Å²) in [6, 6.07) is 11.8. The van der Waals surface area contributed by atoms with Gasteiger partial charge in [0.25, 0.3) is 0 Å². The standard InChI is InChI=1S/C25H24N6O2/c1-2-21(32)30-14-6-7-18(15-30)31-25-22(24(26)27-16-28-25)23(29-31)17-10-12-20(13-11-17)33-19-8-4-3-5-9-19/h2-5,8-13,16,18H,1,6-7,14-15H2,(H2,26,27,28)/t18-/m1/s1/i1D2,2D,7D2,15D2,18D. The van der Waals surface area contributed by atoms with Crippen LogP contribution in [-0.4, -0.2) is 43.6 Å². The van der Waals surface area contributed by atoms with Gasteiger partial charge in [0.2, 0.25) is 5.91 Å². The van der Waals surface area contributed by atoms with Crippen LogP contribution in [-0.2, 0) is 4.79 Å². The van der Waals surface area contributed by atoms with E-state index in [1.54, 1.807) is 36.4 Å². The maximum Gasteiger partial charge on any atom is 0.246 e. The number of nitrogens with zero attached hydrogens (tertiary/aromatic N) is 5. The first-order valence-electron chi connectivity index (χ1n) is 14.1. The molecule has 0 saturated carbocycles. The zero-order valence-electron chi connectivity index (χ0n) is 25.3. The zero-order chi connectivity index (χ0) is 29.7. The molecule has 2 aromatic heterocycles. The van der Waals surface area contributed by atoms with Gasteiger partial charge in [0.1, 0.15) is 29.3 Å². The van der Waals surface area contributed by atoms with Crippen LogP contribution in [0.5, 0.6) is 11.5 Å². The van der Waals surface area contributed by atoms with Crippen molar-refractivity contribution in [2.45, 2.75) is 18.8 Å². The molecule has 1 aliphatic heterocycles. The Morgan fingerprint density at radius 3 is 2.82 bits per heavy atom. The Bertz CT molecular complexity index is 1660. The van der Waals surface area contributed by atoms with E-state index >= 15 is 0 Å². The maximum absolute atomic E-state index is 12.9. The summed E-state index contributed by atoms with van der Waals surface area (Å²) >= 11 is 0. The summed E-state index contributed by atoms with van der Waals surface area (Å²) in [4.78, 5) is 21.6. The summed E-state index contributed by atoms with van der Waals surface area (Å²) in [6.07, 6.45) is -2.02. The van der Waals surface area contributed by atoms with E-state index in [0.29, 0.717) is 22.0 Å². The molecule has 5 rings (SSSR count). The third-order valence-corrected chi connectivity index (χ3v) is 5.03. The minimum atomic E-state index is -3.11. The first kappa shape index (κ1) is 13.4. The van der Waals surface area contributed by atoms with Crippen molar-refractivity contribution in [2.75, 3.05) is 18.8 Å². The topological polar surface area (TPSA) is 99.2 Å². The number of likely N-dealkylation sites (tertiary alicyclic amines) is 1. The zero-order valence-corrected chi connectivity index (χ0v) is 17.3. The molecule has 2 aromatic carbocycles. The third-order valence-electron chi connectivity index (χ3n) is 5.03. The molecule has 166 valence electrons. The molecule has 1 aliphatic rings. The van der Waals surface area contributed by atoms with Crippen LogP contribution in [0, 0.1) is 0 Å². The Morgan fingerprint density at radius 1 is 1.24 bits per heavy atom. The number of aromatic nitrogens is 4. The SMILES string of the molecule is [2H]C([2H])=C([2H])C(=O)N1CCC([2H])([2H])[C@@]([2H])(n2nc(-c3ccc(Oc4ccccc4)cc3)c3c(N)ncnc32)C1([2H])[2H]. The number of nitrogen functional groups attached to an aromatic ring is 1. The van der Waals surface area contributed by atoms with Crippen molar-refractivity contribution in [1.82, 2.24) is 24.6 Å². The minimum Gasteiger partial charge on any atom is -0.457 e. The lowest BCUT2D eigenvalue weighted by Gasteiger charge is -2.32. The smallest absolute Gasteiger partial charge is 0.246 e. The van der Waals surface area contributed by atoms with Crippen LogP contribution in [0.1, 0.15) is 29.8 Å². The molecule has 3 heterocycles. The second-order valence-electron chi connectivity index (χ2n) is 7.13. The lowest BCUT2D eigenvalue weighted by atomic mass is 10.1. The van der Waals surface area contributed by atoms with Gasteiger partial charge in [-0.25, -0.2) is 14.6 Å². The van der Waals surface area contributed by atoms with E-state index < -0.39 is 50.3 Å². The van der Waals surface area contributed by atoms with Gasteiger partial charge in [-0.15, -0.1) is 0 Å². The molecule has 8 nitrogen and oxygen atoms in total. The lowest BCUT2D eigenvalue weighted by Crippen LogP contribution is -2.40. The largest absolute Gasteiger partial charge is 0.457 e. The van der Waals surface area contributed by atoms with Gasteiger partial charge in [-0.05, 0) is 55.2 Å². The first-order chi connectivity index (χ1) is 19.3. The fourth-order valence-electron chi connectivity index (χ4n) is 3.49. The molecule has 1 saturated heterocycles. The van der Waals surface area contributed by atoms with E-state index in [0.717, 1.165) is 11.0 Å². The average Bonchev–Trinajstić information content (AvgIpc) is 3.33. The van der Waals surface area contributed by atoms with Crippen molar-refractivity contribution in [1.29, 1.82) is 0 Å². The van der Waals surface area contributed by atoms with E-state index in [4.69, 9.17) is 20.1 Å². The fourth-order valence-corrected chi connectivity index (χ4v) is 3.49. The Kier molecular flexibility index (Phi) is 3.54. The number of para-hydroxylation sites is 1. The summed E-state index contributed by atoms with van der Waals surface area (Å²) in [5.41, 5.74) is 6.65. The maximum atomic E-state index is 12.9. The predicted octanol–water partition coefficient (Wildman–Crippen LogP) is 4.22. The highest BCUT2D eigenvalue weighted by atomic mass is 16.5. The van der Waals surface area contributed by atoms with Gasteiger partial charge in [-0.2, -0.15) is 5.10 Å². The summed E-state index contributed by atoms with van der Waals surface area (Å²) in [5, 5.41) is 4.59. The number of benzene rings is 2. The Labute approximate surface area is 202 Å². The number of carbonyl (C=O) groups is 1. The molecule has 0 unspecified atom stereocenters. The number of rotatable bonds is 5. The second kappa shape index (κ2) is 8.74. The monoisotopic (exact) mass is 448 g/mol. The average molecular weight is 449 g/mol. The summed E-state index contributed by atoms with van der Waals surface area (Å²) in [7, 11) is 0. The highest BCUT2D eigenvalue weighted by molar-refractivity contribution is 5.98. The van der Waals surface area contributed by atoms with Crippen LogP contribution in [0.4, 0.5) is 5.82 Å². The lowest BCUT2D eigenvalue weighted by molar-refractivity contribution is -0.127. The van der Waals surface area contributed by atoms with Crippen molar-refractivity contribution < 1.29 is 20.5 Å². The Morgan fingerprint density at radius 2 is 2.03 bits per heavy atom. The molecule has 1 fully saturated rings. The minimum absolute atomic E-state index is 0.0428.